The maximum atomic E-state index is 12.7. The van der Waals surface area contributed by atoms with E-state index in [1.807, 2.05) is 6.92 Å². The van der Waals surface area contributed by atoms with Gasteiger partial charge in [-0.05, 0) is 44.5 Å². The zero-order valence-electron chi connectivity index (χ0n) is 16.9. The van der Waals surface area contributed by atoms with Crippen molar-refractivity contribution in [3.05, 3.63) is 51.4 Å². The number of amides is 2. The van der Waals surface area contributed by atoms with Gasteiger partial charge in [0.15, 0.2) is 0 Å². The molecule has 1 aromatic heterocycles. The van der Waals surface area contributed by atoms with E-state index < -0.39 is 0 Å². The topological polar surface area (TPSA) is 70.7 Å². The van der Waals surface area contributed by atoms with Crippen molar-refractivity contribution in [2.45, 2.75) is 26.3 Å². The Kier molecular flexibility index (Phi) is 6.95. The van der Waals surface area contributed by atoms with E-state index in [-0.39, 0.29) is 17.4 Å². The first-order valence-corrected chi connectivity index (χ1v) is 10.7. The first kappa shape index (κ1) is 21.8. The van der Waals surface area contributed by atoms with Gasteiger partial charge in [-0.25, -0.2) is 0 Å². The van der Waals surface area contributed by atoms with E-state index >= 15 is 0 Å². The molecular weight excluding hydrogens is 410 g/mol. The predicted octanol–water partition coefficient (Wildman–Crippen LogP) is 3.80. The van der Waals surface area contributed by atoms with E-state index in [1.165, 1.54) is 11.3 Å². The van der Waals surface area contributed by atoms with Gasteiger partial charge in [-0.3, -0.25) is 14.5 Å². The maximum Gasteiger partial charge on any atom is 0.261 e. The molecule has 0 spiro atoms. The van der Waals surface area contributed by atoms with Crippen LogP contribution in [0.2, 0.25) is 5.02 Å². The molecule has 3 rings (SSSR count). The highest BCUT2D eigenvalue weighted by Gasteiger charge is 2.29. The molecule has 0 saturated carbocycles. The number of hydrogen-bond donors (Lipinski definition) is 2. The summed E-state index contributed by atoms with van der Waals surface area (Å²) in [6, 6.07) is 8.68. The fourth-order valence-electron chi connectivity index (χ4n) is 3.25. The molecule has 156 valence electrons. The number of nitrogens with one attached hydrogen (secondary N) is 2. The van der Waals surface area contributed by atoms with Crippen LogP contribution in [0.25, 0.3) is 0 Å². The summed E-state index contributed by atoms with van der Waals surface area (Å²) in [5.74, 6) is -0.427. The number of carbonyl (C=O) groups excluding carboxylic acids is 2. The molecule has 8 heteroatoms. The van der Waals surface area contributed by atoms with Gasteiger partial charge in [-0.15, -0.1) is 11.3 Å². The number of carbonyl (C=O) groups is 2. The summed E-state index contributed by atoms with van der Waals surface area (Å²) in [4.78, 5) is 28.1. The highest BCUT2D eigenvalue weighted by atomic mass is 35.5. The average molecular weight is 436 g/mol. The molecule has 2 amide bonds. The molecule has 1 saturated heterocycles. The summed E-state index contributed by atoms with van der Waals surface area (Å²) in [5.41, 5.74) is 1.07. The van der Waals surface area contributed by atoms with Gasteiger partial charge in [-0.2, -0.15) is 0 Å². The second-order valence-corrected chi connectivity index (χ2v) is 9.11. The molecule has 1 aliphatic heterocycles. The molecule has 0 unspecified atom stereocenters. The summed E-state index contributed by atoms with van der Waals surface area (Å²) in [6.45, 7) is 9.79. The lowest BCUT2D eigenvalue weighted by atomic mass is 10.0. The lowest BCUT2D eigenvalue weighted by molar-refractivity contribution is -0.00922. The van der Waals surface area contributed by atoms with Crippen LogP contribution in [0.1, 0.15) is 39.4 Å². The number of hydrogen-bond acceptors (Lipinski definition) is 5. The fourth-order valence-corrected chi connectivity index (χ4v) is 4.46. The number of rotatable bonds is 6. The average Bonchev–Trinajstić information content (AvgIpc) is 3.07. The van der Waals surface area contributed by atoms with Crippen molar-refractivity contribution in [2.75, 3.05) is 38.2 Å². The van der Waals surface area contributed by atoms with Gasteiger partial charge in [0.1, 0.15) is 0 Å². The van der Waals surface area contributed by atoms with E-state index in [0.717, 1.165) is 31.9 Å². The van der Waals surface area contributed by atoms with Crippen LogP contribution in [0.3, 0.4) is 0 Å². The van der Waals surface area contributed by atoms with Gasteiger partial charge in [0.2, 0.25) is 0 Å². The number of thiophene rings is 1. The third-order valence-electron chi connectivity index (χ3n) is 5.03. The molecule has 2 aromatic rings. The van der Waals surface area contributed by atoms with Gasteiger partial charge in [0.05, 0.1) is 33.7 Å². The molecule has 0 radical (unpaired) electrons. The summed E-state index contributed by atoms with van der Waals surface area (Å²) in [5, 5.41) is 6.88. The lowest BCUT2D eigenvalue weighted by Crippen LogP contribution is -2.55. The molecule has 1 aromatic carbocycles. The largest absolute Gasteiger partial charge is 0.379 e. The Balaban J connectivity index is 1.62. The van der Waals surface area contributed by atoms with Crippen LogP contribution in [0.5, 0.6) is 0 Å². The molecule has 2 heterocycles. The van der Waals surface area contributed by atoms with Crippen molar-refractivity contribution in [1.82, 2.24) is 10.2 Å². The van der Waals surface area contributed by atoms with Gasteiger partial charge in [0.25, 0.3) is 11.8 Å². The number of aryl methyl sites for hydroxylation is 1. The predicted molar refractivity (Wildman–Crippen MR) is 117 cm³/mol. The van der Waals surface area contributed by atoms with Crippen molar-refractivity contribution < 1.29 is 14.3 Å². The normalized spacial score (nSPS) is 15.2. The Bertz CT molecular complexity index is 891. The molecular formula is C21H26ClN3O3S. The fraction of sp³-hybridized carbons (Fsp3) is 0.429. The van der Waals surface area contributed by atoms with Crippen LogP contribution >= 0.6 is 22.9 Å². The van der Waals surface area contributed by atoms with Crippen molar-refractivity contribution in [1.29, 1.82) is 0 Å². The second-order valence-electron chi connectivity index (χ2n) is 7.65. The SMILES string of the molecule is Cc1cc(NC(=O)c2ccccc2Cl)sc1C(=O)NCC(C)(C)N1CCOCC1. The van der Waals surface area contributed by atoms with E-state index in [0.29, 0.717) is 27.0 Å². The Morgan fingerprint density at radius 1 is 1.21 bits per heavy atom. The van der Waals surface area contributed by atoms with Crippen LogP contribution < -0.4 is 10.6 Å². The number of morpholine rings is 1. The molecule has 1 fully saturated rings. The van der Waals surface area contributed by atoms with Crippen LogP contribution in [0.4, 0.5) is 5.00 Å². The van der Waals surface area contributed by atoms with Gasteiger partial charge < -0.3 is 15.4 Å². The molecule has 6 nitrogen and oxygen atoms in total. The van der Waals surface area contributed by atoms with Crippen molar-refractivity contribution in [3.63, 3.8) is 0 Å². The Labute approximate surface area is 180 Å². The van der Waals surface area contributed by atoms with Crippen molar-refractivity contribution >= 4 is 39.8 Å². The second kappa shape index (κ2) is 9.26. The molecule has 2 N–H and O–H groups in total. The monoisotopic (exact) mass is 435 g/mol. The minimum Gasteiger partial charge on any atom is -0.379 e. The van der Waals surface area contributed by atoms with Crippen LogP contribution in [0, 0.1) is 6.92 Å². The zero-order valence-corrected chi connectivity index (χ0v) is 18.5. The van der Waals surface area contributed by atoms with E-state index in [4.69, 9.17) is 16.3 Å². The number of benzene rings is 1. The number of nitrogens with zero attached hydrogens (tertiary/aromatic N) is 1. The Morgan fingerprint density at radius 3 is 2.59 bits per heavy atom. The zero-order chi connectivity index (χ0) is 21.0. The number of anilines is 1. The molecule has 0 atom stereocenters. The van der Waals surface area contributed by atoms with Gasteiger partial charge in [-0.1, -0.05) is 23.7 Å². The van der Waals surface area contributed by atoms with Crippen LogP contribution in [0.15, 0.2) is 30.3 Å². The van der Waals surface area contributed by atoms with Crippen molar-refractivity contribution in [3.8, 4) is 0 Å². The molecule has 0 bridgehead atoms. The quantitative estimate of drug-likeness (QED) is 0.723. The van der Waals surface area contributed by atoms with E-state index in [1.54, 1.807) is 30.3 Å². The van der Waals surface area contributed by atoms with Crippen LogP contribution in [-0.2, 0) is 4.74 Å². The van der Waals surface area contributed by atoms with Crippen LogP contribution in [-0.4, -0.2) is 55.1 Å². The molecule has 29 heavy (non-hydrogen) atoms. The summed E-state index contributed by atoms with van der Waals surface area (Å²) in [6.07, 6.45) is 0. The molecule has 1 aliphatic rings. The highest BCUT2D eigenvalue weighted by Crippen LogP contribution is 2.28. The third kappa shape index (κ3) is 5.36. The first-order chi connectivity index (χ1) is 13.8. The number of halogens is 1. The Morgan fingerprint density at radius 2 is 1.90 bits per heavy atom. The van der Waals surface area contributed by atoms with E-state index in [2.05, 4.69) is 29.4 Å². The first-order valence-electron chi connectivity index (χ1n) is 9.55. The van der Waals surface area contributed by atoms with E-state index in [9.17, 15) is 9.59 Å². The van der Waals surface area contributed by atoms with Gasteiger partial charge >= 0.3 is 0 Å². The summed E-state index contributed by atoms with van der Waals surface area (Å²) >= 11 is 7.35. The lowest BCUT2D eigenvalue weighted by Gasteiger charge is -2.40. The van der Waals surface area contributed by atoms with Gasteiger partial charge in [0, 0.05) is 25.2 Å². The smallest absolute Gasteiger partial charge is 0.261 e. The molecule has 0 aliphatic carbocycles. The standard InChI is InChI=1S/C21H26ClN3O3S/c1-14-12-17(24-19(26)15-6-4-5-7-16(15)22)29-18(14)20(27)23-13-21(2,3)25-8-10-28-11-9-25/h4-7,12H,8-11,13H2,1-3H3,(H,23,27)(H,24,26). The minimum absolute atomic E-state index is 0.132. The number of ether oxygens (including phenoxy) is 1. The minimum atomic E-state index is -0.294. The van der Waals surface area contributed by atoms with Crippen molar-refractivity contribution in [2.24, 2.45) is 0 Å². The highest BCUT2D eigenvalue weighted by molar-refractivity contribution is 7.18. The summed E-state index contributed by atoms with van der Waals surface area (Å²) in [7, 11) is 0. The summed E-state index contributed by atoms with van der Waals surface area (Å²) < 4.78 is 5.41. The Hall–Kier alpha value is -1.93. The maximum absolute atomic E-state index is 12.7. The third-order valence-corrected chi connectivity index (χ3v) is 6.51.